The van der Waals surface area contributed by atoms with Crippen LogP contribution in [0.1, 0.15) is 40.8 Å². The first-order valence-corrected chi connectivity index (χ1v) is 10.6. The predicted molar refractivity (Wildman–Crippen MR) is 120 cm³/mol. The molecule has 31 heavy (non-hydrogen) atoms. The molecule has 0 bridgehead atoms. The Bertz CT molecular complexity index is 1260. The van der Waals surface area contributed by atoms with E-state index in [1.54, 1.807) is 0 Å². The van der Waals surface area contributed by atoms with Gasteiger partial charge in [0.1, 0.15) is 11.6 Å². The summed E-state index contributed by atoms with van der Waals surface area (Å²) in [5, 5.41) is 5.59. The summed E-state index contributed by atoms with van der Waals surface area (Å²) >= 11 is 0. The van der Waals surface area contributed by atoms with Gasteiger partial charge in [0.05, 0.1) is 23.4 Å². The topological polar surface area (TPSA) is 91.7 Å². The maximum Gasteiger partial charge on any atom is 0.222 e. The average molecular weight is 415 g/mol. The molecule has 2 unspecified atom stereocenters. The second-order valence-corrected chi connectivity index (χ2v) is 8.36. The van der Waals surface area contributed by atoms with Crippen LogP contribution in [0, 0.1) is 19.8 Å². The van der Waals surface area contributed by atoms with Gasteiger partial charge in [0.2, 0.25) is 5.88 Å². The number of para-hydroxylation sites is 1. The number of hydrogen-bond acceptors (Lipinski definition) is 6. The highest BCUT2D eigenvalue weighted by molar-refractivity contribution is 5.78. The van der Waals surface area contributed by atoms with Gasteiger partial charge in [0, 0.05) is 42.1 Å². The number of ether oxygens (including phenoxy) is 1. The van der Waals surface area contributed by atoms with E-state index in [1.165, 1.54) is 5.39 Å². The first kappa shape index (κ1) is 19.5. The van der Waals surface area contributed by atoms with Crippen molar-refractivity contribution in [3.63, 3.8) is 0 Å². The van der Waals surface area contributed by atoms with Crippen molar-refractivity contribution in [2.75, 3.05) is 12.3 Å². The minimum Gasteiger partial charge on any atom is -0.477 e. The van der Waals surface area contributed by atoms with Gasteiger partial charge in [-0.3, -0.25) is 9.67 Å². The lowest BCUT2D eigenvalue weighted by Gasteiger charge is -2.13. The monoisotopic (exact) mass is 414 g/mol. The van der Waals surface area contributed by atoms with E-state index >= 15 is 0 Å². The number of fused-ring (bicyclic) bond motifs is 1. The molecule has 1 saturated carbocycles. The van der Waals surface area contributed by atoms with Crippen LogP contribution in [0.15, 0.2) is 42.5 Å². The number of pyridine rings is 1. The van der Waals surface area contributed by atoms with Gasteiger partial charge < -0.3 is 10.5 Å². The van der Waals surface area contributed by atoms with E-state index in [2.05, 4.69) is 39.3 Å². The molecule has 1 aromatic carbocycles. The first-order valence-electron chi connectivity index (χ1n) is 10.6. The van der Waals surface area contributed by atoms with E-state index in [0.717, 1.165) is 34.6 Å². The average Bonchev–Trinajstić information content (AvgIpc) is 3.45. The molecule has 3 heterocycles. The van der Waals surface area contributed by atoms with Gasteiger partial charge in [-0.1, -0.05) is 24.3 Å². The summed E-state index contributed by atoms with van der Waals surface area (Å²) < 4.78 is 8.05. The van der Waals surface area contributed by atoms with Crippen molar-refractivity contribution in [1.29, 1.82) is 0 Å². The van der Waals surface area contributed by atoms with Crippen molar-refractivity contribution in [3.8, 4) is 5.88 Å². The van der Waals surface area contributed by atoms with Crippen LogP contribution in [0.2, 0.25) is 0 Å². The number of nitrogen functional groups attached to an aromatic ring is 1. The molecule has 7 nitrogen and oxygen atoms in total. The van der Waals surface area contributed by atoms with Crippen molar-refractivity contribution >= 4 is 16.7 Å². The van der Waals surface area contributed by atoms with Gasteiger partial charge in [0.25, 0.3) is 0 Å². The Labute approximate surface area is 181 Å². The lowest BCUT2D eigenvalue weighted by Crippen LogP contribution is -2.11. The van der Waals surface area contributed by atoms with Crippen LogP contribution < -0.4 is 10.5 Å². The van der Waals surface area contributed by atoms with Gasteiger partial charge in [-0.2, -0.15) is 10.1 Å². The lowest BCUT2D eigenvalue weighted by molar-refractivity contribution is 0.282. The molecule has 0 amide bonds. The van der Waals surface area contributed by atoms with E-state index < -0.39 is 0 Å². The third kappa shape index (κ3) is 3.95. The van der Waals surface area contributed by atoms with E-state index in [0.29, 0.717) is 42.4 Å². The summed E-state index contributed by atoms with van der Waals surface area (Å²) in [4.78, 5) is 13.7. The molecule has 3 aromatic heterocycles. The molecule has 4 aromatic rings. The van der Waals surface area contributed by atoms with Crippen LogP contribution in [0.3, 0.4) is 0 Å². The molecule has 0 saturated heterocycles. The minimum atomic E-state index is 0.424. The van der Waals surface area contributed by atoms with Crippen LogP contribution in [0.4, 0.5) is 5.82 Å². The number of anilines is 1. The first-order chi connectivity index (χ1) is 15.0. The molecule has 158 valence electrons. The molecule has 7 heteroatoms. The van der Waals surface area contributed by atoms with Gasteiger partial charge in [-0.15, -0.1) is 0 Å². The largest absolute Gasteiger partial charge is 0.477 e. The maximum atomic E-state index is 6.25. The molecule has 1 aliphatic rings. The molecule has 0 spiro atoms. The Kier molecular flexibility index (Phi) is 4.81. The molecule has 2 N–H and O–H groups in total. The third-order valence-corrected chi connectivity index (χ3v) is 5.93. The lowest BCUT2D eigenvalue weighted by atomic mass is 10.1. The molecule has 1 fully saturated rings. The highest BCUT2D eigenvalue weighted by Crippen LogP contribution is 2.47. The number of hydrogen-bond donors (Lipinski definition) is 1. The molecule has 0 radical (unpaired) electrons. The number of rotatable bonds is 6. The minimum absolute atomic E-state index is 0.424. The number of benzene rings is 1. The van der Waals surface area contributed by atoms with Crippen molar-refractivity contribution in [1.82, 2.24) is 24.7 Å². The Morgan fingerprint density at radius 3 is 2.74 bits per heavy atom. The summed E-state index contributed by atoms with van der Waals surface area (Å²) in [6.45, 7) is 4.40. The second kappa shape index (κ2) is 7.65. The fourth-order valence-electron chi connectivity index (χ4n) is 4.16. The van der Waals surface area contributed by atoms with Crippen molar-refractivity contribution in [3.05, 3.63) is 70.9 Å². The van der Waals surface area contributed by atoms with Crippen molar-refractivity contribution in [2.45, 2.75) is 32.6 Å². The van der Waals surface area contributed by atoms with Crippen LogP contribution in [0.5, 0.6) is 5.88 Å². The fraction of sp³-hybridized carbons (Fsp3) is 0.333. The quantitative estimate of drug-likeness (QED) is 0.517. The van der Waals surface area contributed by atoms with E-state index in [-0.39, 0.29) is 0 Å². The van der Waals surface area contributed by atoms with Crippen LogP contribution >= 0.6 is 0 Å². The zero-order chi connectivity index (χ0) is 21.5. The molecular weight excluding hydrogens is 388 g/mol. The zero-order valence-corrected chi connectivity index (χ0v) is 18.0. The van der Waals surface area contributed by atoms with E-state index in [9.17, 15) is 0 Å². The Balaban J connectivity index is 1.31. The Hall–Kier alpha value is -3.48. The maximum absolute atomic E-state index is 6.25. The molecule has 5 rings (SSSR count). The smallest absolute Gasteiger partial charge is 0.222 e. The summed E-state index contributed by atoms with van der Waals surface area (Å²) in [6.07, 6.45) is 1.65. The molecular formula is C24H26N6O. The van der Waals surface area contributed by atoms with Gasteiger partial charge in [-0.25, -0.2) is 4.98 Å². The highest BCUT2D eigenvalue weighted by Gasteiger charge is 2.40. The summed E-state index contributed by atoms with van der Waals surface area (Å²) in [7, 11) is 1.93. The number of aryl methyl sites for hydroxylation is 3. The number of nitrogens with zero attached hydrogens (tertiary/aromatic N) is 5. The van der Waals surface area contributed by atoms with Crippen molar-refractivity contribution < 1.29 is 4.74 Å². The van der Waals surface area contributed by atoms with Gasteiger partial charge in [0.15, 0.2) is 0 Å². The fourth-order valence-corrected chi connectivity index (χ4v) is 4.16. The Morgan fingerprint density at radius 1 is 1.10 bits per heavy atom. The van der Waals surface area contributed by atoms with Crippen LogP contribution in [-0.2, 0) is 13.5 Å². The van der Waals surface area contributed by atoms with Crippen LogP contribution in [-0.4, -0.2) is 31.3 Å². The van der Waals surface area contributed by atoms with Crippen molar-refractivity contribution in [2.24, 2.45) is 13.0 Å². The summed E-state index contributed by atoms with van der Waals surface area (Å²) in [5.41, 5.74) is 11.3. The van der Waals surface area contributed by atoms with Gasteiger partial charge >= 0.3 is 0 Å². The zero-order valence-electron chi connectivity index (χ0n) is 18.0. The van der Waals surface area contributed by atoms with E-state index in [4.69, 9.17) is 15.5 Å². The highest BCUT2D eigenvalue weighted by atomic mass is 16.5. The third-order valence-electron chi connectivity index (χ3n) is 5.93. The second-order valence-electron chi connectivity index (χ2n) is 8.36. The standard InChI is InChI=1S/C24H26N6O/c1-14-10-18(30(3)29-14)12-20-23(25)26-15(2)27-24(20)31-13-17-11-19(17)22-9-8-16-6-4-5-7-21(16)28-22/h4-10,17,19H,11-13H2,1-3H3,(H2,25,26,27). The van der Waals surface area contributed by atoms with Crippen LogP contribution in [0.25, 0.3) is 10.9 Å². The number of aromatic nitrogens is 5. The molecule has 1 aliphatic carbocycles. The van der Waals surface area contributed by atoms with Gasteiger partial charge in [-0.05, 0) is 38.5 Å². The SMILES string of the molecule is Cc1cc(Cc2c(N)nc(C)nc2OCC2CC2c2ccc3ccccc3n2)n(C)n1. The molecule has 2 atom stereocenters. The molecule has 0 aliphatic heterocycles. The predicted octanol–water partition coefficient (Wildman–Crippen LogP) is 3.73. The normalized spacial score (nSPS) is 17.8. The summed E-state index contributed by atoms with van der Waals surface area (Å²) in [6, 6.07) is 14.5. The number of nitrogens with two attached hydrogens (primary N) is 1. The Morgan fingerprint density at radius 2 is 1.94 bits per heavy atom. The summed E-state index contributed by atoms with van der Waals surface area (Å²) in [5.74, 6) is 2.50. The van der Waals surface area contributed by atoms with E-state index in [1.807, 2.05) is 43.8 Å².